The van der Waals surface area contributed by atoms with E-state index in [4.69, 9.17) is 0 Å². The summed E-state index contributed by atoms with van der Waals surface area (Å²) in [5.74, 6) is 0.961. The lowest BCUT2D eigenvalue weighted by Crippen LogP contribution is -2.05. The lowest BCUT2D eigenvalue weighted by Gasteiger charge is -2.15. The summed E-state index contributed by atoms with van der Waals surface area (Å²) in [6, 6.07) is 6.45. The van der Waals surface area contributed by atoms with Crippen LogP contribution in [0.5, 0.6) is 0 Å². The minimum Gasteiger partial charge on any atom is -0.0984 e. The van der Waals surface area contributed by atoms with E-state index in [1.165, 1.54) is 60.8 Å². The Bertz CT molecular complexity index is 1180. The third kappa shape index (κ3) is 16.1. The fourth-order valence-electron chi connectivity index (χ4n) is 4.99. The van der Waals surface area contributed by atoms with Gasteiger partial charge in [0.1, 0.15) is 0 Å². The highest BCUT2D eigenvalue weighted by Crippen LogP contribution is 2.52. The quantitative estimate of drug-likeness (QED) is 0.160. The maximum atomic E-state index is 4.33. The average Bonchev–Trinajstić information content (AvgIpc) is 3.83. The molecular weight excluding hydrogens is 553 g/mol. The van der Waals surface area contributed by atoms with Crippen molar-refractivity contribution in [1.82, 2.24) is 0 Å². The van der Waals surface area contributed by atoms with Crippen LogP contribution in [0.2, 0.25) is 0 Å². The first-order chi connectivity index (χ1) is 21.8. The molecule has 1 unspecified atom stereocenters. The lowest BCUT2D eigenvalue weighted by molar-refractivity contribution is 0.354. The molecule has 0 bridgehead atoms. The highest BCUT2D eigenvalue weighted by atomic mass is 14.5. The maximum absolute atomic E-state index is 4.33. The van der Waals surface area contributed by atoms with Crippen LogP contribution in [-0.2, 0) is 0 Å². The number of hydrogen-bond donors (Lipinski definition) is 0. The van der Waals surface area contributed by atoms with Crippen molar-refractivity contribution >= 4 is 17.2 Å². The van der Waals surface area contributed by atoms with Gasteiger partial charge in [-0.25, -0.2) is 0 Å². The predicted octanol–water partition coefficient (Wildman–Crippen LogP) is 16.0. The van der Waals surface area contributed by atoms with Crippen LogP contribution in [0.4, 0.5) is 0 Å². The van der Waals surface area contributed by atoms with Gasteiger partial charge in [0, 0.05) is 0 Å². The third-order valence-corrected chi connectivity index (χ3v) is 9.29. The Balaban J connectivity index is 0. The van der Waals surface area contributed by atoms with E-state index in [2.05, 4.69) is 132 Å². The van der Waals surface area contributed by atoms with Crippen LogP contribution >= 0.6 is 0 Å². The maximum Gasteiger partial charge on any atom is -0.0117 e. The number of benzene rings is 1. The molecule has 0 aliphatic heterocycles. The van der Waals surface area contributed by atoms with E-state index in [0.717, 1.165) is 70.4 Å². The minimum absolute atomic E-state index is 0.759. The van der Waals surface area contributed by atoms with Gasteiger partial charge in [-0.3, -0.25) is 0 Å². The largest absolute Gasteiger partial charge is 0.0984 e. The molecule has 1 saturated carbocycles. The topological polar surface area (TPSA) is 0 Å². The molecule has 258 valence electrons. The van der Waals surface area contributed by atoms with Crippen molar-refractivity contribution in [2.45, 2.75) is 147 Å². The lowest BCUT2D eigenvalue weighted by atomic mass is 9.91. The molecule has 0 N–H and O–H groups in total. The van der Waals surface area contributed by atoms with Crippen LogP contribution in [0, 0.1) is 11.3 Å². The molecule has 1 aromatic carbocycles. The van der Waals surface area contributed by atoms with Crippen LogP contribution < -0.4 is 0 Å². The van der Waals surface area contributed by atoms with Gasteiger partial charge in [0.15, 0.2) is 0 Å². The van der Waals surface area contributed by atoms with Gasteiger partial charge >= 0.3 is 0 Å². The van der Waals surface area contributed by atoms with E-state index in [0.29, 0.717) is 0 Å². The van der Waals surface area contributed by atoms with Gasteiger partial charge in [-0.2, -0.15) is 0 Å². The van der Waals surface area contributed by atoms with E-state index in [1.54, 1.807) is 0 Å². The highest BCUT2D eigenvalue weighted by molar-refractivity contribution is 5.84. The zero-order valence-corrected chi connectivity index (χ0v) is 32.7. The molecule has 0 saturated heterocycles. The summed E-state index contributed by atoms with van der Waals surface area (Å²) in [5, 5.41) is 0. The monoisotopic (exact) mass is 627 g/mol. The molecule has 0 aromatic heterocycles. The predicted molar refractivity (Wildman–Crippen MR) is 217 cm³/mol. The van der Waals surface area contributed by atoms with Gasteiger partial charge in [-0.15, -0.1) is 0 Å². The van der Waals surface area contributed by atoms with E-state index < -0.39 is 0 Å². The molecule has 0 radical (unpaired) electrons. The molecule has 0 spiro atoms. The number of unbranched alkanes of at least 4 members (excludes halogenated alkanes) is 2. The minimum atomic E-state index is 0.759. The highest BCUT2D eigenvalue weighted by Gasteiger charge is 2.41. The standard InChI is InChI=1S/C32H42.C8H16.C4H10.C2H6/c1-11-16-17-24(8)25(9)20-26(10)31-19-18-30(21-29(31)15-5)28(14-4)22-32(23(6)7)27(12-2)13-3;1-4-7(2)8(3)5-6-8;1-3-4-2;1-2/h14-15,18-22H,4-6,8,10-13,16-17H2,1-3,7,9H3;7H,4-6H2,1-3H3;3-4H2,1-2H3;1-2H3/b25-20-,28-22+;;;. The normalized spacial score (nSPS) is 13.7. The van der Waals surface area contributed by atoms with Crippen LogP contribution in [0.15, 0.2) is 97.2 Å². The van der Waals surface area contributed by atoms with Crippen LogP contribution in [0.3, 0.4) is 0 Å². The smallest absolute Gasteiger partial charge is 0.0117 e. The summed E-state index contributed by atoms with van der Waals surface area (Å²) in [4.78, 5) is 0. The van der Waals surface area contributed by atoms with Gasteiger partial charge in [0.05, 0.1) is 0 Å². The van der Waals surface area contributed by atoms with E-state index in [1.807, 2.05) is 26.0 Å². The summed E-state index contributed by atoms with van der Waals surface area (Å²) in [7, 11) is 0. The third-order valence-electron chi connectivity index (χ3n) is 9.29. The first-order valence-corrected chi connectivity index (χ1v) is 18.4. The molecule has 2 rings (SSSR count). The summed E-state index contributed by atoms with van der Waals surface area (Å²) >= 11 is 0. The Morgan fingerprint density at radius 1 is 0.870 bits per heavy atom. The fourth-order valence-corrected chi connectivity index (χ4v) is 4.99. The molecule has 1 aromatic rings. The van der Waals surface area contributed by atoms with E-state index >= 15 is 0 Å². The van der Waals surface area contributed by atoms with Crippen LogP contribution in [0.1, 0.15) is 164 Å². The SMILES string of the molecule is C=C/C(=C\C(C(=C)C)=C(CC)CC)c1ccc(C(=C)/C=C(/C)C(=C)CCCC)c(C=C)c1.CC.CCC(C)C1(C)CC1.CCCC. The van der Waals surface area contributed by atoms with Crippen molar-refractivity contribution in [3.8, 4) is 0 Å². The van der Waals surface area contributed by atoms with Crippen molar-refractivity contribution in [2.75, 3.05) is 0 Å². The molecule has 0 heterocycles. The molecule has 1 aliphatic rings. The van der Waals surface area contributed by atoms with Crippen molar-refractivity contribution in [3.63, 3.8) is 0 Å². The molecule has 46 heavy (non-hydrogen) atoms. The summed E-state index contributed by atoms with van der Waals surface area (Å²) in [5.41, 5.74) is 12.2. The fraction of sp³-hybridized carbons (Fsp3) is 0.522. The van der Waals surface area contributed by atoms with Gasteiger partial charge in [-0.1, -0.05) is 175 Å². The summed E-state index contributed by atoms with van der Waals surface area (Å²) in [6.07, 6.45) is 20.5. The molecule has 1 atom stereocenters. The van der Waals surface area contributed by atoms with Crippen LogP contribution in [0.25, 0.3) is 17.2 Å². The number of hydrogen-bond acceptors (Lipinski definition) is 0. The van der Waals surface area contributed by atoms with Crippen molar-refractivity contribution in [2.24, 2.45) is 11.3 Å². The second kappa shape index (κ2) is 25.3. The zero-order chi connectivity index (χ0) is 35.9. The Morgan fingerprint density at radius 2 is 1.43 bits per heavy atom. The Hall–Kier alpha value is -2.86. The van der Waals surface area contributed by atoms with Gasteiger partial charge in [0.25, 0.3) is 0 Å². The Labute approximate surface area is 289 Å². The second-order valence-electron chi connectivity index (χ2n) is 12.8. The van der Waals surface area contributed by atoms with Gasteiger partial charge in [-0.05, 0) is 115 Å². The molecule has 0 heteroatoms. The number of rotatable bonds is 16. The second-order valence-corrected chi connectivity index (χ2v) is 12.8. The number of allylic oxidation sites excluding steroid dienone is 10. The molecule has 1 aliphatic carbocycles. The Kier molecular flexibility index (Phi) is 24.9. The van der Waals surface area contributed by atoms with E-state index in [-0.39, 0.29) is 0 Å². The molecule has 1 fully saturated rings. The average molecular weight is 627 g/mol. The van der Waals surface area contributed by atoms with Crippen molar-refractivity contribution in [1.29, 1.82) is 0 Å². The Morgan fingerprint density at radius 3 is 1.80 bits per heavy atom. The molecule has 0 nitrogen and oxygen atoms in total. The summed E-state index contributed by atoms with van der Waals surface area (Å²) in [6.45, 7) is 47.1. The van der Waals surface area contributed by atoms with Crippen molar-refractivity contribution < 1.29 is 0 Å². The van der Waals surface area contributed by atoms with Gasteiger partial charge in [0.2, 0.25) is 0 Å². The molecule has 0 amide bonds. The summed E-state index contributed by atoms with van der Waals surface area (Å²) < 4.78 is 0. The molecular formula is C46H74. The first kappa shape index (κ1) is 45.3. The van der Waals surface area contributed by atoms with Gasteiger partial charge < -0.3 is 0 Å². The van der Waals surface area contributed by atoms with E-state index in [9.17, 15) is 0 Å². The van der Waals surface area contributed by atoms with Crippen molar-refractivity contribution in [3.05, 3.63) is 114 Å². The van der Waals surface area contributed by atoms with Crippen LogP contribution in [-0.4, -0.2) is 0 Å². The first-order valence-electron chi connectivity index (χ1n) is 18.4. The zero-order valence-electron chi connectivity index (χ0n) is 32.7.